The highest BCUT2D eigenvalue weighted by Crippen LogP contribution is 2.12. The predicted molar refractivity (Wildman–Crippen MR) is 60.8 cm³/mol. The topological polar surface area (TPSA) is 101 Å². The van der Waals surface area contributed by atoms with E-state index in [9.17, 15) is 14.4 Å². The first kappa shape index (κ1) is 13.4. The van der Waals surface area contributed by atoms with E-state index < -0.39 is 17.9 Å². The Bertz CT molecular complexity index is 485. The average Bonchev–Trinajstić information content (AvgIpc) is 2.35. The lowest BCUT2D eigenvalue weighted by molar-refractivity contribution is 0.0549. The normalized spacial score (nSPS) is 9.56. The molecule has 6 heteroatoms. The monoisotopic (exact) mass is 250 g/mol. The molecule has 2 N–H and O–H groups in total. The molecule has 0 amide bonds. The number of hydrogen-bond acceptors (Lipinski definition) is 4. The molecule has 0 aromatic heterocycles. The van der Waals surface area contributed by atoms with Gasteiger partial charge in [-0.2, -0.15) is 0 Å². The second-order valence-corrected chi connectivity index (χ2v) is 3.30. The van der Waals surface area contributed by atoms with Gasteiger partial charge in [0, 0.05) is 0 Å². The van der Waals surface area contributed by atoms with Crippen LogP contribution < -0.4 is 0 Å². The molecule has 0 spiro atoms. The molecular formula is C12H10O6. The van der Waals surface area contributed by atoms with E-state index in [1.54, 1.807) is 0 Å². The lowest BCUT2D eigenvalue weighted by Gasteiger charge is -2.05. The summed E-state index contributed by atoms with van der Waals surface area (Å²) in [7, 11) is 0. The van der Waals surface area contributed by atoms with Crippen LogP contribution in [0, 0.1) is 0 Å². The van der Waals surface area contributed by atoms with E-state index in [1.807, 2.05) is 0 Å². The molecule has 0 saturated heterocycles. The minimum atomic E-state index is -1.32. The summed E-state index contributed by atoms with van der Waals surface area (Å²) in [5.41, 5.74) is -0.713. The summed E-state index contributed by atoms with van der Waals surface area (Å²) in [6.45, 7) is 3.31. The van der Waals surface area contributed by atoms with Crippen LogP contribution in [0.25, 0.3) is 0 Å². The number of hydrogen-bond donors (Lipinski definition) is 2. The average molecular weight is 250 g/mol. The van der Waals surface area contributed by atoms with Crippen molar-refractivity contribution >= 4 is 17.9 Å². The standard InChI is InChI=1S/C12H10O6/c1-2-3-18-12(17)9-5-7(10(13)14)4-8(6-9)11(15)16/h2,4-6H,1,3H2,(H,13,14)(H,15,16). The van der Waals surface area contributed by atoms with Crippen molar-refractivity contribution in [2.45, 2.75) is 0 Å². The molecule has 0 saturated carbocycles. The van der Waals surface area contributed by atoms with Crippen LogP contribution in [-0.2, 0) is 4.74 Å². The summed E-state index contributed by atoms with van der Waals surface area (Å²) in [5.74, 6) is -3.45. The van der Waals surface area contributed by atoms with E-state index in [0.717, 1.165) is 18.2 Å². The van der Waals surface area contributed by atoms with Gasteiger partial charge in [-0.05, 0) is 18.2 Å². The van der Waals surface area contributed by atoms with Crippen LogP contribution >= 0.6 is 0 Å². The first-order valence-electron chi connectivity index (χ1n) is 4.85. The maximum absolute atomic E-state index is 11.5. The molecule has 0 bridgehead atoms. The highest BCUT2D eigenvalue weighted by molar-refractivity contribution is 5.99. The Kier molecular flexibility index (Phi) is 4.20. The second-order valence-electron chi connectivity index (χ2n) is 3.30. The third kappa shape index (κ3) is 3.18. The van der Waals surface area contributed by atoms with Gasteiger partial charge in [0.05, 0.1) is 16.7 Å². The number of benzene rings is 1. The van der Waals surface area contributed by atoms with Crippen LogP contribution in [0.1, 0.15) is 31.1 Å². The predicted octanol–water partition coefficient (Wildman–Crippen LogP) is 1.43. The maximum Gasteiger partial charge on any atom is 0.338 e. The van der Waals surface area contributed by atoms with Crippen molar-refractivity contribution in [2.75, 3.05) is 6.61 Å². The van der Waals surface area contributed by atoms with Crippen LogP contribution in [0.5, 0.6) is 0 Å². The van der Waals surface area contributed by atoms with Gasteiger partial charge in [-0.25, -0.2) is 14.4 Å². The Labute approximate surface area is 102 Å². The summed E-state index contributed by atoms with van der Waals surface area (Å²) in [6, 6.07) is 3.08. The summed E-state index contributed by atoms with van der Waals surface area (Å²) < 4.78 is 4.70. The van der Waals surface area contributed by atoms with Crippen molar-refractivity contribution in [1.82, 2.24) is 0 Å². The van der Waals surface area contributed by atoms with Gasteiger partial charge in [-0.3, -0.25) is 0 Å². The number of carboxylic acid groups (broad SMARTS) is 2. The first-order valence-corrected chi connectivity index (χ1v) is 4.85. The van der Waals surface area contributed by atoms with E-state index in [-0.39, 0.29) is 23.3 Å². The van der Waals surface area contributed by atoms with Gasteiger partial charge in [0.2, 0.25) is 0 Å². The third-order valence-electron chi connectivity index (χ3n) is 1.99. The lowest BCUT2D eigenvalue weighted by atomic mass is 10.1. The Morgan fingerprint density at radius 3 is 1.89 bits per heavy atom. The fourth-order valence-corrected chi connectivity index (χ4v) is 1.21. The molecule has 0 aliphatic carbocycles. The molecule has 1 rings (SSSR count). The van der Waals surface area contributed by atoms with E-state index in [2.05, 4.69) is 6.58 Å². The number of aromatic carboxylic acids is 2. The third-order valence-corrected chi connectivity index (χ3v) is 1.99. The molecule has 0 fully saturated rings. The SMILES string of the molecule is C=CCOC(=O)c1cc(C(=O)O)cc(C(=O)O)c1. The van der Waals surface area contributed by atoms with Crippen molar-refractivity contribution in [1.29, 1.82) is 0 Å². The molecule has 0 unspecified atom stereocenters. The summed E-state index contributed by atoms with van der Waals surface area (Å²) >= 11 is 0. The Morgan fingerprint density at radius 2 is 1.50 bits per heavy atom. The fourth-order valence-electron chi connectivity index (χ4n) is 1.21. The fraction of sp³-hybridized carbons (Fsp3) is 0.0833. The number of rotatable bonds is 5. The van der Waals surface area contributed by atoms with Gasteiger partial charge >= 0.3 is 17.9 Å². The van der Waals surface area contributed by atoms with Crippen molar-refractivity contribution in [3.05, 3.63) is 47.5 Å². The zero-order chi connectivity index (χ0) is 13.7. The molecule has 0 aliphatic heterocycles. The van der Waals surface area contributed by atoms with E-state index >= 15 is 0 Å². The van der Waals surface area contributed by atoms with Gasteiger partial charge in [-0.1, -0.05) is 12.7 Å². The van der Waals surface area contributed by atoms with Gasteiger partial charge in [0.25, 0.3) is 0 Å². The van der Waals surface area contributed by atoms with Crippen LogP contribution in [0.2, 0.25) is 0 Å². The first-order chi connectivity index (χ1) is 8.45. The van der Waals surface area contributed by atoms with Gasteiger partial charge < -0.3 is 14.9 Å². The largest absolute Gasteiger partial charge is 0.478 e. The quantitative estimate of drug-likeness (QED) is 0.605. The zero-order valence-electron chi connectivity index (χ0n) is 9.25. The zero-order valence-corrected chi connectivity index (χ0v) is 9.25. The number of esters is 1. The smallest absolute Gasteiger partial charge is 0.338 e. The van der Waals surface area contributed by atoms with E-state index in [4.69, 9.17) is 14.9 Å². The Hall–Kier alpha value is -2.63. The van der Waals surface area contributed by atoms with Crippen LogP contribution in [-0.4, -0.2) is 34.7 Å². The highest BCUT2D eigenvalue weighted by Gasteiger charge is 2.15. The number of carbonyl (C=O) groups is 3. The highest BCUT2D eigenvalue weighted by atomic mass is 16.5. The molecule has 6 nitrogen and oxygen atoms in total. The summed E-state index contributed by atoms with van der Waals surface area (Å²) in [4.78, 5) is 33.1. The molecule has 94 valence electrons. The van der Waals surface area contributed by atoms with Crippen molar-refractivity contribution < 1.29 is 29.3 Å². The Balaban J connectivity index is 3.18. The number of carboxylic acids is 2. The van der Waals surface area contributed by atoms with Crippen LogP contribution in [0.3, 0.4) is 0 Å². The molecule has 0 radical (unpaired) electrons. The molecule has 0 heterocycles. The molecule has 0 atom stereocenters. The van der Waals surface area contributed by atoms with Gasteiger partial charge in [0.1, 0.15) is 6.61 Å². The summed E-state index contributed by atoms with van der Waals surface area (Å²) in [5, 5.41) is 17.6. The van der Waals surface area contributed by atoms with Crippen LogP contribution in [0.4, 0.5) is 0 Å². The molecule has 1 aromatic rings. The van der Waals surface area contributed by atoms with Gasteiger partial charge in [0.15, 0.2) is 0 Å². The van der Waals surface area contributed by atoms with E-state index in [0.29, 0.717) is 0 Å². The lowest BCUT2D eigenvalue weighted by Crippen LogP contribution is -2.10. The number of carbonyl (C=O) groups excluding carboxylic acids is 1. The minimum Gasteiger partial charge on any atom is -0.478 e. The van der Waals surface area contributed by atoms with Crippen molar-refractivity contribution in [2.24, 2.45) is 0 Å². The van der Waals surface area contributed by atoms with Crippen molar-refractivity contribution in [3.8, 4) is 0 Å². The molecule has 1 aromatic carbocycles. The number of ether oxygens (including phenoxy) is 1. The maximum atomic E-state index is 11.5. The minimum absolute atomic E-state index is 0.0431. The molecular weight excluding hydrogens is 240 g/mol. The molecule has 0 aliphatic rings. The second kappa shape index (κ2) is 5.62. The molecule has 18 heavy (non-hydrogen) atoms. The van der Waals surface area contributed by atoms with Crippen LogP contribution in [0.15, 0.2) is 30.9 Å². The Morgan fingerprint density at radius 1 is 1.06 bits per heavy atom. The summed E-state index contributed by atoms with van der Waals surface area (Å²) in [6.07, 6.45) is 1.34. The van der Waals surface area contributed by atoms with Crippen molar-refractivity contribution in [3.63, 3.8) is 0 Å². The van der Waals surface area contributed by atoms with Gasteiger partial charge in [-0.15, -0.1) is 0 Å². The van der Waals surface area contributed by atoms with E-state index in [1.165, 1.54) is 6.08 Å².